The molecule has 10 heteroatoms. The number of benzene rings is 2. The number of thiophene rings is 2. The molecular weight excluding hydrogens is 585 g/mol. The lowest BCUT2D eigenvalue weighted by molar-refractivity contribution is 1.36. The number of H-pyrrole nitrogens is 2. The molecule has 8 nitrogen and oxygen atoms in total. The first-order valence-electron chi connectivity index (χ1n) is 14.0. The van der Waals surface area contributed by atoms with Crippen LogP contribution in [0.15, 0.2) is 97.6 Å². The molecule has 10 aromatic rings. The van der Waals surface area contributed by atoms with Gasteiger partial charge in [-0.05, 0) is 72.8 Å². The van der Waals surface area contributed by atoms with Crippen molar-refractivity contribution in [1.82, 2.24) is 39.9 Å². The van der Waals surface area contributed by atoms with E-state index in [1.165, 1.54) is 9.75 Å². The van der Waals surface area contributed by atoms with Crippen molar-refractivity contribution in [3.8, 4) is 31.2 Å². The van der Waals surface area contributed by atoms with Crippen molar-refractivity contribution in [3.05, 3.63) is 97.6 Å². The van der Waals surface area contributed by atoms with Crippen molar-refractivity contribution in [2.24, 2.45) is 0 Å². The number of imidazole rings is 2. The molecule has 2 N–H and O–H groups in total. The van der Waals surface area contributed by atoms with Crippen LogP contribution in [0.1, 0.15) is 0 Å². The summed E-state index contributed by atoms with van der Waals surface area (Å²) in [5, 5.41) is 4.03. The summed E-state index contributed by atoms with van der Waals surface area (Å²) in [6, 6.07) is 24.7. The van der Waals surface area contributed by atoms with Crippen LogP contribution in [0, 0.1) is 0 Å². The maximum absolute atomic E-state index is 5.06. The minimum absolute atomic E-state index is 0.841. The van der Waals surface area contributed by atoms with Gasteiger partial charge in [0.05, 0.1) is 53.9 Å². The van der Waals surface area contributed by atoms with Gasteiger partial charge in [0.15, 0.2) is 0 Å². The summed E-state index contributed by atoms with van der Waals surface area (Å²) in [7, 11) is 0. The summed E-state index contributed by atoms with van der Waals surface area (Å²) in [6.45, 7) is 0. The Morgan fingerprint density at radius 2 is 0.750 bits per heavy atom. The summed E-state index contributed by atoms with van der Waals surface area (Å²) in [6.07, 6.45) is 7.23. The van der Waals surface area contributed by atoms with E-state index in [9.17, 15) is 0 Å². The van der Waals surface area contributed by atoms with E-state index >= 15 is 0 Å². The summed E-state index contributed by atoms with van der Waals surface area (Å²) in [5.74, 6) is 1.68. The Labute approximate surface area is 256 Å². The van der Waals surface area contributed by atoms with Crippen molar-refractivity contribution in [1.29, 1.82) is 0 Å². The molecule has 44 heavy (non-hydrogen) atoms. The Kier molecular flexibility index (Phi) is 4.87. The highest BCUT2D eigenvalue weighted by molar-refractivity contribution is 7.25. The molecule has 0 saturated heterocycles. The van der Waals surface area contributed by atoms with Crippen molar-refractivity contribution in [2.75, 3.05) is 0 Å². The third kappa shape index (κ3) is 3.37. The zero-order valence-corrected chi connectivity index (χ0v) is 24.4. The number of aromatic nitrogens is 8. The number of hydrogen-bond acceptors (Lipinski definition) is 8. The number of rotatable bonds is 3. The zero-order valence-electron chi connectivity index (χ0n) is 22.7. The molecule has 0 aliphatic rings. The largest absolute Gasteiger partial charge is 0.337 e. The second-order valence-electron chi connectivity index (χ2n) is 10.5. The highest BCUT2D eigenvalue weighted by atomic mass is 32.1. The lowest BCUT2D eigenvalue weighted by atomic mass is 10.1. The molecule has 0 aliphatic carbocycles. The molecule has 0 saturated carbocycles. The van der Waals surface area contributed by atoms with Gasteiger partial charge in [-0.25, -0.2) is 9.97 Å². The predicted octanol–water partition coefficient (Wildman–Crippen LogP) is 8.76. The maximum Gasteiger partial charge on any atom is 0.148 e. The fourth-order valence-corrected chi connectivity index (χ4v) is 8.11. The fourth-order valence-electron chi connectivity index (χ4n) is 6.12. The molecule has 0 fully saturated rings. The molecule has 0 amide bonds. The summed E-state index contributed by atoms with van der Waals surface area (Å²) in [5.41, 5.74) is 7.27. The van der Waals surface area contributed by atoms with Crippen molar-refractivity contribution >= 4 is 88.4 Å². The first-order chi connectivity index (χ1) is 21.8. The smallest absolute Gasteiger partial charge is 0.148 e. The molecule has 8 heterocycles. The highest BCUT2D eigenvalue weighted by Crippen LogP contribution is 2.42. The van der Waals surface area contributed by atoms with Crippen molar-refractivity contribution in [2.45, 2.75) is 0 Å². The van der Waals surface area contributed by atoms with Crippen molar-refractivity contribution in [3.63, 3.8) is 0 Å². The molecule has 0 aliphatic heterocycles. The first kappa shape index (κ1) is 23.9. The number of nitrogens with one attached hydrogen (secondary N) is 2. The number of pyridine rings is 4. The second kappa shape index (κ2) is 8.96. The molecule has 0 spiro atoms. The van der Waals surface area contributed by atoms with E-state index in [1.54, 1.807) is 35.1 Å². The molecule has 0 bridgehead atoms. The Morgan fingerprint density at radius 3 is 1.18 bits per heavy atom. The van der Waals surface area contributed by atoms with Gasteiger partial charge in [0.2, 0.25) is 0 Å². The lowest BCUT2D eigenvalue weighted by Crippen LogP contribution is -1.86. The molecule has 0 atom stereocenters. The highest BCUT2D eigenvalue weighted by Gasteiger charge is 2.19. The molecule has 8 aromatic heterocycles. The second-order valence-corrected chi connectivity index (χ2v) is 12.7. The third-order valence-corrected chi connectivity index (χ3v) is 10.4. The topological polar surface area (TPSA) is 109 Å². The Balaban J connectivity index is 1.07. The number of nitrogens with zero attached hydrogens (tertiary/aromatic N) is 6. The summed E-state index contributed by atoms with van der Waals surface area (Å²) >= 11 is 3.44. The quantitative estimate of drug-likeness (QED) is 0.196. The van der Waals surface area contributed by atoms with Gasteiger partial charge < -0.3 is 9.97 Å². The summed E-state index contributed by atoms with van der Waals surface area (Å²) in [4.78, 5) is 40.3. The van der Waals surface area contributed by atoms with E-state index in [1.807, 2.05) is 36.7 Å². The fraction of sp³-hybridized carbons (Fsp3) is 0. The molecule has 0 unspecified atom stereocenters. The maximum atomic E-state index is 5.06. The predicted molar refractivity (Wildman–Crippen MR) is 179 cm³/mol. The van der Waals surface area contributed by atoms with Crippen LogP contribution in [0.3, 0.4) is 0 Å². The van der Waals surface area contributed by atoms with Crippen LogP contribution in [0.25, 0.3) is 96.8 Å². The van der Waals surface area contributed by atoms with Gasteiger partial charge in [0.25, 0.3) is 0 Å². The van der Waals surface area contributed by atoms with Gasteiger partial charge >= 0.3 is 0 Å². The monoisotopic (exact) mass is 602 g/mol. The van der Waals surface area contributed by atoms with E-state index in [0.717, 1.165) is 87.1 Å². The van der Waals surface area contributed by atoms with Crippen LogP contribution in [0.4, 0.5) is 0 Å². The molecule has 206 valence electrons. The average molecular weight is 603 g/mol. The van der Waals surface area contributed by atoms with Gasteiger partial charge in [0.1, 0.15) is 11.6 Å². The van der Waals surface area contributed by atoms with Crippen LogP contribution >= 0.6 is 22.7 Å². The SMILES string of the molecule is c1cnc2c(c1)c1nc(-c3ccc(-c4ccc(-c5nc6c7cccnc7c7ncccc7c6[nH]5)s4)s3)[nH]c1c1cccnc12. The normalized spacial score (nSPS) is 12.1. The molecular formula is C34H18N8S2. The van der Waals surface area contributed by atoms with E-state index in [-0.39, 0.29) is 0 Å². The van der Waals surface area contributed by atoms with E-state index in [2.05, 4.69) is 78.4 Å². The van der Waals surface area contributed by atoms with E-state index in [4.69, 9.17) is 9.97 Å². The Morgan fingerprint density at radius 1 is 0.386 bits per heavy atom. The van der Waals surface area contributed by atoms with Gasteiger partial charge in [-0.1, -0.05) is 0 Å². The van der Waals surface area contributed by atoms with Gasteiger partial charge in [-0.15, -0.1) is 22.7 Å². The van der Waals surface area contributed by atoms with E-state index < -0.39 is 0 Å². The third-order valence-electron chi connectivity index (χ3n) is 8.06. The Hall–Kier alpha value is -5.58. The average Bonchev–Trinajstić information content (AvgIpc) is 3.90. The zero-order chi connectivity index (χ0) is 28.8. The minimum atomic E-state index is 0.841. The number of fused-ring (bicyclic) bond motifs is 12. The standard InChI is InChI=1S/C34H18N8S2/c1-5-17-25(35-13-1)26-18(6-2-14-36-26)30-29(17)39-33(40-30)23-11-9-21(43-23)22-10-12-24(44-22)34-41-31-19-7-3-15-37-27(19)28-20(32(31)42-34)8-4-16-38-28/h1-16H,(H,39,40)(H,41,42). The van der Waals surface area contributed by atoms with Crippen LogP contribution in [0.5, 0.6) is 0 Å². The minimum Gasteiger partial charge on any atom is -0.337 e. The Bertz CT molecular complexity index is 2420. The molecule has 2 aromatic carbocycles. The van der Waals surface area contributed by atoms with Crippen LogP contribution < -0.4 is 0 Å². The van der Waals surface area contributed by atoms with Crippen LogP contribution in [-0.2, 0) is 0 Å². The first-order valence-corrected chi connectivity index (χ1v) is 15.7. The summed E-state index contributed by atoms with van der Waals surface area (Å²) < 4.78 is 0. The number of hydrogen-bond donors (Lipinski definition) is 2. The van der Waals surface area contributed by atoms with Crippen molar-refractivity contribution < 1.29 is 0 Å². The van der Waals surface area contributed by atoms with Gasteiger partial charge in [0, 0.05) is 56.1 Å². The molecule has 10 rings (SSSR count). The number of aromatic amines is 2. The lowest BCUT2D eigenvalue weighted by Gasteiger charge is -2.03. The van der Waals surface area contributed by atoms with Crippen LogP contribution in [-0.4, -0.2) is 39.9 Å². The van der Waals surface area contributed by atoms with Crippen LogP contribution in [0.2, 0.25) is 0 Å². The van der Waals surface area contributed by atoms with Gasteiger partial charge in [-0.3, -0.25) is 19.9 Å². The van der Waals surface area contributed by atoms with E-state index in [0.29, 0.717) is 0 Å². The molecule has 0 radical (unpaired) electrons. The van der Waals surface area contributed by atoms with Gasteiger partial charge in [-0.2, -0.15) is 0 Å².